The summed E-state index contributed by atoms with van der Waals surface area (Å²) in [5.41, 5.74) is 0. The molecule has 1 aliphatic heterocycles. The summed E-state index contributed by atoms with van der Waals surface area (Å²) in [7, 11) is 3.64. The molecule has 0 aromatic carbocycles. The SMILES string of the molecule is C[C@H]1CCC/C=C/[C@@H]2C[C@H](OC(=O)CN(C)C)C[C@H]2[C@H](O)/C=C/C(=O)O1. The predicted octanol–water partition coefficient (Wildman–Crippen LogP) is 2.07. The van der Waals surface area contributed by atoms with Gasteiger partial charge in [-0.2, -0.15) is 0 Å². The molecule has 0 aromatic heterocycles. The maximum absolute atomic E-state index is 11.9. The van der Waals surface area contributed by atoms with Gasteiger partial charge < -0.3 is 14.6 Å². The fourth-order valence-corrected chi connectivity index (χ4v) is 3.66. The van der Waals surface area contributed by atoms with Gasteiger partial charge >= 0.3 is 11.9 Å². The lowest BCUT2D eigenvalue weighted by Gasteiger charge is -2.19. The van der Waals surface area contributed by atoms with Crippen molar-refractivity contribution in [3.63, 3.8) is 0 Å². The highest BCUT2D eigenvalue weighted by molar-refractivity contribution is 5.82. The Morgan fingerprint density at radius 3 is 2.85 bits per heavy atom. The van der Waals surface area contributed by atoms with Gasteiger partial charge in [0.15, 0.2) is 0 Å². The minimum absolute atomic E-state index is 0.0781. The summed E-state index contributed by atoms with van der Waals surface area (Å²) in [6.07, 6.45) is 9.91. The van der Waals surface area contributed by atoms with E-state index < -0.39 is 12.1 Å². The van der Waals surface area contributed by atoms with Gasteiger partial charge in [-0.05, 0) is 71.0 Å². The van der Waals surface area contributed by atoms with Crippen LogP contribution in [0.3, 0.4) is 0 Å². The number of likely N-dealkylation sites (N-methyl/N-ethyl adjacent to an activating group) is 1. The van der Waals surface area contributed by atoms with Crippen LogP contribution in [0.4, 0.5) is 0 Å². The lowest BCUT2D eigenvalue weighted by Crippen LogP contribution is -2.27. The lowest BCUT2D eigenvalue weighted by atomic mass is 9.90. The molecule has 6 heteroatoms. The van der Waals surface area contributed by atoms with Gasteiger partial charge in [0.25, 0.3) is 0 Å². The molecular formula is C20H31NO5. The molecule has 1 aliphatic carbocycles. The van der Waals surface area contributed by atoms with Crippen molar-refractivity contribution in [2.75, 3.05) is 20.6 Å². The number of rotatable bonds is 3. The van der Waals surface area contributed by atoms with E-state index in [9.17, 15) is 14.7 Å². The number of hydrogen-bond donors (Lipinski definition) is 1. The van der Waals surface area contributed by atoms with Crippen molar-refractivity contribution >= 4 is 11.9 Å². The topological polar surface area (TPSA) is 76.1 Å². The molecule has 146 valence electrons. The average molecular weight is 365 g/mol. The Kier molecular flexibility index (Phi) is 7.85. The maximum Gasteiger partial charge on any atom is 0.330 e. The number of fused-ring (bicyclic) bond motifs is 1. The van der Waals surface area contributed by atoms with E-state index in [1.165, 1.54) is 12.2 Å². The molecule has 0 amide bonds. The first-order valence-electron chi connectivity index (χ1n) is 9.43. The van der Waals surface area contributed by atoms with Crippen molar-refractivity contribution in [2.24, 2.45) is 11.8 Å². The van der Waals surface area contributed by atoms with E-state index in [2.05, 4.69) is 12.2 Å². The number of ether oxygens (including phenoxy) is 2. The van der Waals surface area contributed by atoms with Gasteiger partial charge in [0, 0.05) is 6.08 Å². The molecule has 1 N–H and O–H groups in total. The molecule has 0 bridgehead atoms. The summed E-state index contributed by atoms with van der Waals surface area (Å²) in [5, 5.41) is 10.5. The van der Waals surface area contributed by atoms with Crippen LogP contribution in [-0.2, 0) is 19.1 Å². The largest absolute Gasteiger partial charge is 0.461 e. The second kappa shape index (κ2) is 9.88. The monoisotopic (exact) mass is 365 g/mol. The summed E-state index contributed by atoms with van der Waals surface area (Å²) in [5.74, 6) is -0.626. The molecule has 2 rings (SSSR count). The molecule has 0 aromatic rings. The van der Waals surface area contributed by atoms with Gasteiger partial charge in [0.2, 0.25) is 0 Å². The third kappa shape index (κ3) is 6.57. The van der Waals surface area contributed by atoms with Gasteiger partial charge in [-0.1, -0.05) is 12.2 Å². The zero-order valence-corrected chi connectivity index (χ0v) is 16.0. The van der Waals surface area contributed by atoms with Crippen molar-refractivity contribution in [1.82, 2.24) is 4.90 Å². The highest BCUT2D eigenvalue weighted by Gasteiger charge is 2.38. The first kappa shape index (κ1) is 20.6. The third-order valence-electron chi connectivity index (χ3n) is 4.91. The quantitative estimate of drug-likeness (QED) is 0.610. The Morgan fingerprint density at radius 1 is 1.35 bits per heavy atom. The summed E-state index contributed by atoms with van der Waals surface area (Å²) in [6.45, 7) is 2.13. The number of aliphatic hydroxyl groups is 1. The summed E-state index contributed by atoms with van der Waals surface area (Å²) in [4.78, 5) is 25.5. The highest BCUT2D eigenvalue weighted by atomic mass is 16.5. The van der Waals surface area contributed by atoms with Crippen LogP contribution in [0.25, 0.3) is 0 Å². The minimum atomic E-state index is -0.772. The van der Waals surface area contributed by atoms with E-state index in [-0.39, 0.29) is 36.6 Å². The van der Waals surface area contributed by atoms with Crippen LogP contribution in [0.15, 0.2) is 24.3 Å². The number of esters is 2. The molecule has 26 heavy (non-hydrogen) atoms. The van der Waals surface area contributed by atoms with Crippen molar-refractivity contribution in [3.05, 3.63) is 24.3 Å². The smallest absolute Gasteiger partial charge is 0.330 e. The van der Waals surface area contributed by atoms with E-state index in [4.69, 9.17) is 9.47 Å². The average Bonchev–Trinajstić information content (AvgIpc) is 2.93. The minimum Gasteiger partial charge on any atom is -0.461 e. The third-order valence-corrected chi connectivity index (χ3v) is 4.91. The second-order valence-corrected chi connectivity index (χ2v) is 7.61. The zero-order chi connectivity index (χ0) is 19.1. The zero-order valence-electron chi connectivity index (χ0n) is 16.0. The van der Waals surface area contributed by atoms with E-state index in [0.29, 0.717) is 12.8 Å². The Labute approximate surface area is 155 Å². The Morgan fingerprint density at radius 2 is 2.12 bits per heavy atom. The fourth-order valence-electron chi connectivity index (χ4n) is 3.66. The first-order chi connectivity index (χ1) is 12.3. The number of hydrogen-bond acceptors (Lipinski definition) is 6. The van der Waals surface area contributed by atoms with Crippen molar-refractivity contribution in [3.8, 4) is 0 Å². The molecule has 0 spiro atoms. The lowest BCUT2D eigenvalue weighted by molar-refractivity contribution is -0.149. The van der Waals surface area contributed by atoms with Gasteiger partial charge in [0.05, 0.1) is 18.8 Å². The van der Waals surface area contributed by atoms with E-state index >= 15 is 0 Å². The molecule has 0 radical (unpaired) electrons. The molecule has 1 fully saturated rings. The molecule has 5 atom stereocenters. The van der Waals surface area contributed by atoms with Gasteiger partial charge in [-0.15, -0.1) is 0 Å². The van der Waals surface area contributed by atoms with Crippen molar-refractivity contribution in [1.29, 1.82) is 0 Å². The van der Waals surface area contributed by atoms with Crippen LogP contribution in [0.5, 0.6) is 0 Å². The van der Waals surface area contributed by atoms with E-state index in [0.717, 1.165) is 19.3 Å². The number of nitrogens with zero attached hydrogens (tertiary/aromatic N) is 1. The Hall–Kier alpha value is -1.66. The van der Waals surface area contributed by atoms with Gasteiger partial charge in [-0.25, -0.2) is 4.79 Å². The molecular weight excluding hydrogens is 334 g/mol. The number of cyclic esters (lactones) is 1. The van der Waals surface area contributed by atoms with Gasteiger partial charge in [0.1, 0.15) is 6.10 Å². The first-order valence-corrected chi connectivity index (χ1v) is 9.43. The molecule has 0 saturated heterocycles. The molecule has 0 unspecified atom stereocenters. The maximum atomic E-state index is 11.9. The van der Waals surface area contributed by atoms with Gasteiger partial charge in [-0.3, -0.25) is 9.69 Å². The van der Waals surface area contributed by atoms with Crippen molar-refractivity contribution in [2.45, 2.75) is 57.3 Å². The summed E-state index contributed by atoms with van der Waals surface area (Å²) in [6, 6.07) is 0. The predicted molar refractivity (Wildman–Crippen MR) is 98.3 cm³/mol. The van der Waals surface area contributed by atoms with Crippen molar-refractivity contribution < 1.29 is 24.2 Å². The number of carbonyl (C=O) groups is 2. The second-order valence-electron chi connectivity index (χ2n) is 7.61. The van der Waals surface area contributed by atoms with Crippen LogP contribution in [0.1, 0.15) is 39.0 Å². The Bertz CT molecular complexity index is 542. The van der Waals surface area contributed by atoms with E-state index in [1.54, 1.807) is 4.90 Å². The van der Waals surface area contributed by atoms with Crippen LogP contribution in [0, 0.1) is 11.8 Å². The normalized spacial score (nSPS) is 35.4. The standard InChI is InChI=1S/C20H31NO5/c1-14-7-5-4-6-8-15-11-16(26-20(24)13-21(2)3)12-17(15)18(22)9-10-19(23)25-14/h6,8-10,14-18,22H,4-5,7,11-13H2,1-3H3/b8-6+,10-9+/t14-,15+,16-,17+,18+/m0/s1. The number of aliphatic hydroxyl groups excluding tert-OH is 1. The number of allylic oxidation sites excluding steroid dienone is 2. The van der Waals surface area contributed by atoms with Crippen LogP contribution in [-0.4, -0.2) is 60.9 Å². The Balaban J connectivity index is 2.05. The number of carbonyl (C=O) groups excluding carboxylic acids is 2. The highest BCUT2D eigenvalue weighted by Crippen LogP contribution is 2.38. The molecule has 2 aliphatic rings. The van der Waals surface area contributed by atoms with Crippen LogP contribution >= 0.6 is 0 Å². The molecule has 1 saturated carbocycles. The molecule has 1 heterocycles. The molecule has 6 nitrogen and oxygen atoms in total. The van der Waals surface area contributed by atoms with E-state index in [1.807, 2.05) is 21.0 Å². The summed E-state index contributed by atoms with van der Waals surface area (Å²) < 4.78 is 10.9. The van der Waals surface area contributed by atoms with Crippen LogP contribution in [0.2, 0.25) is 0 Å². The van der Waals surface area contributed by atoms with Crippen LogP contribution < -0.4 is 0 Å². The summed E-state index contributed by atoms with van der Waals surface area (Å²) >= 11 is 0. The fraction of sp³-hybridized carbons (Fsp3) is 0.700.